The highest BCUT2D eigenvalue weighted by atomic mass is 16.3. The standard InChI is InChI=1S/C14H22N2O2/c1-10(2)14(18,11(3)4)13(17)16-15-12-8-6-5-7-9-12/h5-11,15,18H,1-4H3,(H,16,17). The molecule has 0 saturated heterocycles. The summed E-state index contributed by atoms with van der Waals surface area (Å²) in [7, 11) is 0. The van der Waals surface area contributed by atoms with Crippen molar-refractivity contribution in [2.45, 2.75) is 33.3 Å². The zero-order valence-electron chi connectivity index (χ0n) is 11.4. The van der Waals surface area contributed by atoms with Gasteiger partial charge in [-0.25, -0.2) is 0 Å². The van der Waals surface area contributed by atoms with E-state index in [0.29, 0.717) is 0 Å². The predicted octanol–water partition coefficient (Wildman–Crippen LogP) is 2.17. The van der Waals surface area contributed by atoms with E-state index < -0.39 is 11.5 Å². The second-order valence-electron chi connectivity index (χ2n) is 5.08. The number of carbonyl (C=O) groups is 1. The van der Waals surface area contributed by atoms with Crippen LogP contribution >= 0.6 is 0 Å². The highest BCUT2D eigenvalue weighted by Crippen LogP contribution is 2.26. The maximum Gasteiger partial charge on any atom is 0.270 e. The van der Waals surface area contributed by atoms with E-state index in [1.165, 1.54) is 0 Å². The quantitative estimate of drug-likeness (QED) is 0.702. The molecule has 18 heavy (non-hydrogen) atoms. The van der Waals surface area contributed by atoms with Crippen molar-refractivity contribution in [3.05, 3.63) is 30.3 Å². The van der Waals surface area contributed by atoms with Crippen molar-refractivity contribution in [2.75, 3.05) is 5.43 Å². The lowest BCUT2D eigenvalue weighted by Crippen LogP contribution is -2.55. The number of hydrogen-bond acceptors (Lipinski definition) is 3. The van der Waals surface area contributed by atoms with Crippen molar-refractivity contribution in [3.8, 4) is 0 Å². The zero-order chi connectivity index (χ0) is 13.8. The molecule has 1 amide bonds. The van der Waals surface area contributed by atoms with Crippen LogP contribution < -0.4 is 10.9 Å². The first-order valence-corrected chi connectivity index (χ1v) is 6.23. The van der Waals surface area contributed by atoms with Crippen molar-refractivity contribution in [1.29, 1.82) is 0 Å². The number of carbonyl (C=O) groups excluding carboxylic acids is 1. The van der Waals surface area contributed by atoms with Crippen LogP contribution in [0.4, 0.5) is 5.69 Å². The molecular weight excluding hydrogens is 228 g/mol. The van der Waals surface area contributed by atoms with Crippen molar-refractivity contribution < 1.29 is 9.90 Å². The maximum absolute atomic E-state index is 12.1. The Morgan fingerprint density at radius 1 is 1.11 bits per heavy atom. The van der Waals surface area contributed by atoms with E-state index in [1.54, 1.807) is 0 Å². The van der Waals surface area contributed by atoms with Gasteiger partial charge >= 0.3 is 0 Å². The predicted molar refractivity (Wildman–Crippen MR) is 72.8 cm³/mol. The lowest BCUT2D eigenvalue weighted by atomic mass is 9.80. The molecule has 0 saturated carbocycles. The van der Waals surface area contributed by atoms with Gasteiger partial charge < -0.3 is 5.11 Å². The molecule has 1 aromatic rings. The van der Waals surface area contributed by atoms with E-state index in [2.05, 4.69) is 10.9 Å². The van der Waals surface area contributed by atoms with Crippen LogP contribution in [0.15, 0.2) is 30.3 Å². The lowest BCUT2D eigenvalue weighted by molar-refractivity contribution is -0.150. The van der Waals surface area contributed by atoms with Crippen molar-refractivity contribution in [3.63, 3.8) is 0 Å². The first-order chi connectivity index (χ1) is 8.39. The number of aliphatic hydroxyl groups is 1. The summed E-state index contributed by atoms with van der Waals surface area (Å²) in [6, 6.07) is 9.30. The molecule has 0 spiro atoms. The topological polar surface area (TPSA) is 61.4 Å². The Labute approximate surface area is 108 Å². The number of hydrogen-bond donors (Lipinski definition) is 3. The van der Waals surface area contributed by atoms with Crippen molar-refractivity contribution in [2.24, 2.45) is 11.8 Å². The van der Waals surface area contributed by atoms with E-state index in [4.69, 9.17) is 0 Å². The third-order valence-corrected chi connectivity index (χ3v) is 3.22. The van der Waals surface area contributed by atoms with Crippen molar-refractivity contribution in [1.82, 2.24) is 5.43 Å². The number of benzene rings is 1. The van der Waals surface area contributed by atoms with Crippen LogP contribution in [0.2, 0.25) is 0 Å². The van der Waals surface area contributed by atoms with Crippen LogP contribution in [-0.2, 0) is 4.79 Å². The van der Waals surface area contributed by atoms with E-state index in [-0.39, 0.29) is 11.8 Å². The summed E-state index contributed by atoms with van der Waals surface area (Å²) in [5.74, 6) is -0.721. The van der Waals surface area contributed by atoms with Gasteiger partial charge in [-0.05, 0) is 24.0 Å². The molecule has 1 aromatic carbocycles. The Balaban J connectivity index is 2.69. The van der Waals surface area contributed by atoms with Crippen molar-refractivity contribution >= 4 is 11.6 Å². The van der Waals surface area contributed by atoms with Gasteiger partial charge in [-0.1, -0.05) is 45.9 Å². The smallest absolute Gasteiger partial charge is 0.270 e. The first-order valence-electron chi connectivity index (χ1n) is 6.23. The molecular formula is C14H22N2O2. The minimum atomic E-state index is -1.37. The lowest BCUT2D eigenvalue weighted by Gasteiger charge is -2.34. The normalized spacial score (nSPS) is 11.7. The molecule has 0 heterocycles. The summed E-state index contributed by atoms with van der Waals surface area (Å²) >= 11 is 0. The van der Waals surface area contributed by atoms with Gasteiger partial charge in [0, 0.05) is 0 Å². The monoisotopic (exact) mass is 250 g/mol. The van der Waals surface area contributed by atoms with Gasteiger partial charge in [0.1, 0.15) is 5.60 Å². The molecule has 0 aliphatic heterocycles. The summed E-state index contributed by atoms with van der Waals surface area (Å²) in [6.07, 6.45) is 0. The van der Waals surface area contributed by atoms with Crippen LogP contribution in [0.3, 0.4) is 0 Å². The molecule has 0 atom stereocenters. The minimum Gasteiger partial charge on any atom is -0.379 e. The summed E-state index contributed by atoms with van der Waals surface area (Å²) < 4.78 is 0. The fourth-order valence-electron chi connectivity index (χ4n) is 1.94. The molecule has 0 aliphatic rings. The minimum absolute atomic E-state index is 0.157. The molecule has 3 N–H and O–H groups in total. The number of hydrazine groups is 1. The summed E-state index contributed by atoms with van der Waals surface area (Å²) in [5, 5.41) is 10.5. The zero-order valence-corrected chi connectivity index (χ0v) is 11.4. The SMILES string of the molecule is CC(C)C(O)(C(=O)NNc1ccccc1)C(C)C. The number of para-hydroxylation sites is 1. The average molecular weight is 250 g/mol. The van der Waals surface area contributed by atoms with E-state index in [9.17, 15) is 9.90 Å². The number of amides is 1. The molecule has 0 aliphatic carbocycles. The molecule has 0 radical (unpaired) electrons. The number of anilines is 1. The molecule has 4 nitrogen and oxygen atoms in total. The third kappa shape index (κ3) is 3.01. The Morgan fingerprint density at radius 2 is 1.61 bits per heavy atom. The fourth-order valence-corrected chi connectivity index (χ4v) is 1.94. The fraction of sp³-hybridized carbons (Fsp3) is 0.500. The van der Waals surface area contributed by atoms with Gasteiger partial charge in [0.2, 0.25) is 0 Å². The number of nitrogens with one attached hydrogen (secondary N) is 2. The van der Waals surface area contributed by atoms with Crippen LogP contribution in [-0.4, -0.2) is 16.6 Å². The molecule has 0 bridgehead atoms. The van der Waals surface area contributed by atoms with Crippen LogP contribution in [0.1, 0.15) is 27.7 Å². The molecule has 4 heteroatoms. The Morgan fingerprint density at radius 3 is 2.06 bits per heavy atom. The van der Waals surface area contributed by atoms with Crippen LogP contribution in [0.5, 0.6) is 0 Å². The molecule has 0 aromatic heterocycles. The summed E-state index contributed by atoms with van der Waals surface area (Å²) in [6.45, 7) is 7.34. The highest BCUT2D eigenvalue weighted by Gasteiger charge is 2.42. The third-order valence-electron chi connectivity index (χ3n) is 3.22. The molecule has 100 valence electrons. The molecule has 0 fully saturated rings. The average Bonchev–Trinajstić information content (AvgIpc) is 2.35. The second kappa shape index (κ2) is 5.87. The van der Waals surface area contributed by atoms with Crippen LogP contribution in [0, 0.1) is 11.8 Å². The Kier molecular flexibility index (Phi) is 4.73. The van der Waals surface area contributed by atoms with Gasteiger partial charge in [-0.2, -0.15) is 0 Å². The summed E-state index contributed by atoms with van der Waals surface area (Å²) in [5.41, 5.74) is 4.77. The largest absolute Gasteiger partial charge is 0.379 e. The van der Waals surface area contributed by atoms with Gasteiger partial charge in [0.25, 0.3) is 5.91 Å². The Bertz CT molecular complexity index is 380. The molecule has 1 rings (SSSR count). The van der Waals surface area contributed by atoms with Gasteiger partial charge in [0.05, 0.1) is 5.69 Å². The van der Waals surface area contributed by atoms with E-state index in [1.807, 2.05) is 58.0 Å². The van der Waals surface area contributed by atoms with Gasteiger partial charge in [0.15, 0.2) is 0 Å². The van der Waals surface area contributed by atoms with Gasteiger partial charge in [-0.3, -0.25) is 15.6 Å². The first kappa shape index (κ1) is 14.5. The number of rotatable bonds is 5. The summed E-state index contributed by atoms with van der Waals surface area (Å²) in [4.78, 5) is 12.1. The van der Waals surface area contributed by atoms with E-state index in [0.717, 1.165) is 5.69 Å². The second-order valence-corrected chi connectivity index (χ2v) is 5.08. The van der Waals surface area contributed by atoms with Crippen LogP contribution in [0.25, 0.3) is 0 Å². The highest BCUT2D eigenvalue weighted by molar-refractivity contribution is 5.86. The van der Waals surface area contributed by atoms with E-state index >= 15 is 0 Å². The molecule has 0 unspecified atom stereocenters. The van der Waals surface area contributed by atoms with Gasteiger partial charge in [-0.15, -0.1) is 0 Å². The Hall–Kier alpha value is -1.55. The maximum atomic E-state index is 12.1.